The predicted molar refractivity (Wildman–Crippen MR) is 85.7 cm³/mol. The average molecular weight is 288 g/mol. The second-order valence-corrected chi connectivity index (χ2v) is 5.90. The van der Waals surface area contributed by atoms with E-state index in [1.807, 2.05) is 18.2 Å². The predicted octanol–water partition coefficient (Wildman–Crippen LogP) is 2.67. The number of nitrogens with zero attached hydrogens (tertiary/aromatic N) is 3. The molecule has 0 bridgehead atoms. The van der Waals surface area contributed by atoms with E-state index in [2.05, 4.69) is 21.4 Å². The monoisotopic (exact) mass is 288 g/mol. The van der Waals surface area contributed by atoms with Gasteiger partial charge in [0.1, 0.15) is 5.75 Å². The summed E-state index contributed by atoms with van der Waals surface area (Å²) in [6.07, 6.45) is 3.98. The number of fused-ring (bicyclic) bond motifs is 1. The van der Waals surface area contributed by atoms with Crippen LogP contribution >= 0.6 is 0 Å². The first-order valence-corrected chi connectivity index (χ1v) is 7.73. The number of likely N-dealkylation sites (tertiary alicyclic amines) is 1. The topological polar surface area (TPSA) is 56.3 Å². The first kappa shape index (κ1) is 14.2. The highest BCUT2D eigenvalue weighted by molar-refractivity contribution is 5.80. The molecule has 5 heteroatoms. The fourth-order valence-corrected chi connectivity index (χ4v) is 3.28. The summed E-state index contributed by atoms with van der Waals surface area (Å²) in [7, 11) is 1.67. The van der Waals surface area contributed by atoms with Gasteiger partial charge in [-0.2, -0.15) is 0 Å². The molecule has 1 aromatic carbocycles. The van der Waals surface area contributed by atoms with Crippen LogP contribution in [0.5, 0.6) is 5.75 Å². The van der Waals surface area contributed by atoms with Crippen LogP contribution in [0.3, 0.4) is 0 Å². The summed E-state index contributed by atoms with van der Waals surface area (Å²) in [4.78, 5) is 7.01. The molecule has 0 saturated carbocycles. The van der Waals surface area contributed by atoms with Gasteiger partial charge < -0.3 is 19.9 Å². The number of nitrogen functional groups attached to an aromatic ring is 1. The number of hydrogen-bond acceptors (Lipinski definition) is 4. The smallest absolute Gasteiger partial charge is 0.201 e. The fraction of sp³-hybridized carbons (Fsp3) is 0.562. The molecule has 1 unspecified atom stereocenters. The fourth-order valence-electron chi connectivity index (χ4n) is 3.28. The molecule has 0 amide bonds. The molecule has 1 aromatic heterocycles. The molecule has 0 spiro atoms. The number of methoxy groups -OCH3 is 1. The van der Waals surface area contributed by atoms with Gasteiger partial charge in [0.25, 0.3) is 0 Å². The Kier molecular flexibility index (Phi) is 4.01. The molecule has 1 aliphatic rings. The van der Waals surface area contributed by atoms with Crippen molar-refractivity contribution < 1.29 is 4.74 Å². The molecule has 0 radical (unpaired) electrons. The minimum atomic E-state index is 0.321. The van der Waals surface area contributed by atoms with Gasteiger partial charge in [-0.15, -0.1) is 0 Å². The molecular weight excluding hydrogens is 264 g/mol. The SMILES string of the molecule is COc1ccc2c(c1)nc(N)n2C(C)CN1CCCCC1. The highest BCUT2D eigenvalue weighted by Crippen LogP contribution is 2.27. The van der Waals surface area contributed by atoms with Crippen molar-refractivity contribution in [1.82, 2.24) is 14.5 Å². The maximum atomic E-state index is 6.14. The van der Waals surface area contributed by atoms with Gasteiger partial charge in [0.15, 0.2) is 0 Å². The Bertz CT molecular complexity index is 616. The first-order chi connectivity index (χ1) is 10.2. The lowest BCUT2D eigenvalue weighted by Gasteiger charge is -2.30. The molecule has 5 nitrogen and oxygen atoms in total. The van der Waals surface area contributed by atoms with Gasteiger partial charge in [-0.25, -0.2) is 4.98 Å². The Labute approximate surface area is 125 Å². The molecule has 2 N–H and O–H groups in total. The summed E-state index contributed by atoms with van der Waals surface area (Å²) in [5, 5.41) is 0. The van der Waals surface area contributed by atoms with Crippen molar-refractivity contribution in [1.29, 1.82) is 0 Å². The van der Waals surface area contributed by atoms with Crippen LogP contribution in [0.25, 0.3) is 11.0 Å². The molecule has 3 rings (SSSR count). The molecule has 2 aromatic rings. The van der Waals surface area contributed by atoms with Gasteiger partial charge in [-0.1, -0.05) is 6.42 Å². The van der Waals surface area contributed by atoms with E-state index >= 15 is 0 Å². The third kappa shape index (κ3) is 2.83. The molecule has 1 atom stereocenters. The average Bonchev–Trinajstić information content (AvgIpc) is 2.83. The van der Waals surface area contributed by atoms with E-state index in [0.29, 0.717) is 12.0 Å². The number of imidazole rings is 1. The van der Waals surface area contributed by atoms with Crippen LogP contribution < -0.4 is 10.5 Å². The van der Waals surface area contributed by atoms with Crippen LogP contribution in [0.15, 0.2) is 18.2 Å². The van der Waals surface area contributed by atoms with Crippen molar-refractivity contribution in [2.24, 2.45) is 0 Å². The van der Waals surface area contributed by atoms with Crippen LogP contribution in [0.1, 0.15) is 32.2 Å². The van der Waals surface area contributed by atoms with Gasteiger partial charge in [0.2, 0.25) is 5.95 Å². The molecule has 1 aliphatic heterocycles. The molecule has 21 heavy (non-hydrogen) atoms. The number of anilines is 1. The number of rotatable bonds is 4. The van der Waals surface area contributed by atoms with Crippen LogP contribution in [-0.2, 0) is 0 Å². The number of ether oxygens (including phenoxy) is 1. The summed E-state index contributed by atoms with van der Waals surface area (Å²) in [6.45, 7) is 5.65. The standard InChI is InChI=1S/C16H24N4O/c1-12(11-19-8-4-3-5-9-19)20-15-7-6-13(21-2)10-14(15)18-16(20)17/h6-7,10,12H,3-5,8-9,11H2,1-2H3,(H2,17,18). The van der Waals surface area contributed by atoms with Crippen molar-refractivity contribution in [2.45, 2.75) is 32.2 Å². The van der Waals surface area contributed by atoms with Crippen LogP contribution in [-0.4, -0.2) is 41.2 Å². The Morgan fingerprint density at radius 1 is 1.29 bits per heavy atom. The minimum absolute atomic E-state index is 0.321. The Balaban J connectivity index is 1.86. The van der Waals surface area contributed by atoms with Crippen LogP contribution in [0.4, 0.5) is 5.95 Å². The van der Waals surface area contributed by atoms with E-state index in [0.717, 1.165) is 23.3 Å². The van der Waals surface area contributed by atoms with E-state index < -0.39 is 0 Å². The van der Waals surface area contributed by atoms with E-state index in [-0.39, 0.29) is 0 Å². The quantitative estimate of drug-likeness (QED) is 0.939. The van der Waals surface area contributed by atoms with Gasteiger partial charge in [0.05, 0.1) is 18.1 Å². The van der Waals surface area contributed by atoms with Gasteiger partial charge in [-0.3, -0.25) is 0 Å². The number of hydrogen-bond donors (Lipinski definition) is 1. The summed E-state index contributed by atoms with van der Waals surface area (Å²) < 4.78 is 7.40. The molecule has 0 aliphatic carbocycles. The van der Waals surface area contributed by atoms with Gasteiger partial charge in [-0.05, 0) is 45.0 Å². The Morgan fingerprint density at radius 2 is 2.05 bits per heavy atom. The van der Waals surface area contributed by atoms with Crippen molar-refractivity contribution in [3.8, 4) is 5.75 Å². The molecule has 2 heterocycles. The zero-order valence-electron chi connectivity index (χ0n) is 12.9. The van der Waals surface area contributed by atoms with Crippen LogP contribution in [0.2, 0.25) is 0 Å². The number of nitrogens with two attached hydrogens (primary N) is 1. The maximum absolute atomic E-state index is 6.14. The lowest BCUT2D eigenvalue weighted by Crippen LogP contribution is -2.34. The first-order valence-electron chi connectivity index (χ1n) is 7.73. The Morgan fingerprint density at radius 3 is 2.76 bits per heavy atom. The summed E-state index contributed by atoms with van der Waals surface area (Å²) >= 11 is 0. The van der Waals surface area contributed by atoms with E-state index in [4.69, 9.17) is 10.5 Å². The zero-order valence-corrected chi connectivity index (χ0v) is 12.9. The van der Waals surface area contributed by atoms with Crippen molar-refractivity contribution in [3.05, 3.63) is 18.2 Å². The van der Waals surface area contributed by atoms with Crippen molar-refractivity contribution in [3.63, 3.8) is 0 Å². The molecule has 114 valence electrons. The molecule has 1 saturated heterocycles. The number of piperidine rings is 1. The van der Waals surface area contributed by atoms with E-state index in [9.17, 15) is 0 Å². The summed E-state index contributed by atoms with van der Waals surface area (Å²) in [5.41, 5.74) is 8.13. The van der Waals surface area contributed by atoms with Crippen molar-refractivity contribution in [2.75, 3.05) is 32.5 Å². The lowest BCUT2D eigenvalue weighted by molar-refractivity contribution is 0.204. The van der Waals surface area contributed by atoms with Gasteiger partial charge in [0, 0.05) is 18.7 Å². The van der Waals surface area contributed by atoms with Gasteiger partial charge >= 0.3 is 0 Å². The van der Waals surface area contributed by atoms with Crippen LogP contribution in [0, 0.1) is 0 Å². The largest absolute Gasteiger partial charge is 0.497 e. The normalized spacial score (nSPS) is 18.0. The third-order valence-corrected chi connectivity index (χ3v) is 4.34. The molecular formula is C16H24N4O. The lowest BCUT2D eigenvalue weighted by atomic mass is 10.1. The van der Waals surface area contributed by atoms with Crippen molar-refractivity contribution >= 4 is 17.0 Å². The number of benzene rings is 1. The maximum Gasteiger partial charge on any atom is 0.201 e. The second-order valence-electron chi connectivity index (χ2n) is 5.90. The molecule has 1 fully saturated rings. The second kappa shape index (κ2) is 5.93. The minimum Gasteiger partial charge on any atom is -0.497 e. The highest BCUT2D eigenvalue weighted by Gasteiger charge is 2.18. The van der Waals surface area contributed by atoms with E-state index in [1.165, 1.54) is 32.4 Å². The summed E-state index contributed by atoms with van der Waals surface area (Å²) in [5.74, 6) is 1.40. The summed E-state index contributed by atoms with van der Waals surface area (Å²) in [6, 6.07) is 6.27. The van der Waals surface area contributed by atoms with E-state index in [1.54, 1.807) is 7.11 Å². The Hall–Kier alpha value is -1.75. The highest BCUT2D eigenvalue weighted by atomic mass is 16.5. The zero-order chi connectivity index (χ0) is 14.8. The number of aromatic nitrogens is 2. The third-order valence-electron chi connectivity index (χ3n) is 4.34.